The third-order valence-corrected chi connectivity index (χ3v) is 6.28. The van der Waals surface area contributed by atoms with Crippen molar-refractivity contribution in [1.82, 2.24) is 13.9 Å². The van der Waals surface area contributed by atoms with Crippen LogP contribution in [0.25, 0.3) is 0 Å². The van der Waals surface area contributed by atoms with Gasteiger partial charge in [0.15, 0.2) is 0 Å². The van der Waals surface area contributed by atoms with E-state index in [4.69, 9.17) is 4.74 Å². The smallest absolute Gasteiger partial charge is 0.282 e. The molecule has 2 rings (SSSR count). The van der Waals surface area contributed by atoms with Gasteiger partial charge in [-0.2, -0.15) is 17.0 Å². The molecule has 20 heavy (non-hydrogen) atoms. The molecule has 1 N–H and O–H groups in total. The van der Waals surface area contributed by atoms with E-state index in [1.165, 1.54) is 0 Å². The zero-order valence-electron chi connectivity index (χ0n) is 12.5. The fourth-order valence-electron chi connectivity index (χ4n) is 3.02. The van der Waals surface area contributed by atoms with Gasteiger partial charge in [-0.1, -0.05) is 6.92 Å². The van der Waals surface area contributed by atoms with Gasteiger partial charge in [0.05, 0.1) is 13.2 Å². The summed E-state index contributed by atoms with van der Waals surface area (Å²) >= 11 is 0. The van der Waals surface area contributed by atoms with Crippen molar-refractivity contribution in [2.75, 3.05) is 45.9 Å². The molecule has 0 aromatic carbocycles. The maximum atomic E-state index is 12.6. The van der Waals surface area contributed by atoms with Gasteiger partial charge in [0, 0.05) is 32.2 Å². The highest BCUT2D eigenvalue weighted by Crippen LogP contribution is 2.23. The van der Waals surface area contributed by atoms with Crippen molar-refractivity contribution in [3.05, 3.63) is 0 Å². The molecule has 0 aliphatic carbocycles. The zero-order chi connectivity index (χ0) is 14.6. The molecule has 0 amide bonds. The van der Waals surface area contributed by atoms with Gasteiger partial charge in [-0.3, -0.25) is 0 Å². The van der Waals surface area contributed by atoms with E-state index < -0.39 is 10.2 Å². The first-order valence-corrected chi connectivity index (χ1v) is 9.01. The van der Waals surface area contributed by atoms with Crippen molar-refractivity contribution in [2.24, 2.45) is 5.92 Å². The summed E-state index contributed by atoms with van der Waals surface area (Å²) in [5.74, 6) is 0.402. The molecule has 2 saturated heterocycles. The summed E-state index contributed by atoms with van der Waals surface area (Å²) in [6.45, 7) is 8.41. The summed E-state index contributed by atoms with van der Waals surface area (Å²) < 4.78 is 33.8. The van der Waals surface area contributed by atoms with Crippen LogP contribution in [0.1, 0.15) is 26.7 Å². The highest BCUT2D eigenvalue weighted by atomic mass is 32.2. The van der Waals surface area contributed by atoms with Crippen LogP contribution in [0.5, 0.6) is 0 Å². The lowest BCUT2D eigenvalue weighted by atomic mass is 9.93. The Morgan fingerprint density at radius 1 is 1.25 bits per heavy atom. The van der Waals surface area contributed by atoms with Gasteiger partial charge in [0.25, 0.3) is 10.2 Å². The molecular weight excluding hydrogens is 278 g/mol. The summed E-state index contributed by atoms with van der Waals surface area (Å²) in [7, 11) is -3.31. The molecule has 0 radical (unpaired) electrons. The summed E-state index contributed by atoms with van der Waals surface area (Å²) in [4.78, 5) is 0. The average molecular weight is 305 g/mol. The topological polar surface area (TPSA) is 61.9 Å². The fraction of sp³-hybridized carbons (Fsp3) is 1.00. The molecule has 6 nitrogen and oxygen atoms in total. The molecule has 2 unspecified atom stereocenters. The maximum absolute atomic E-state index is 12.6. The Morgan fingerprint density at radius 3 is 2.60 bits per heavy atom. The fourth-order valence-corrected chi connectivity index (χ4v) is 4.70. The van der Waals surface area contributed by atoms with Crippen molar-refractivity contribution in [3.63, 3.8) is 0 Å². The Kier molecular flexibility index (Phi) is 5.80. The number of hydrogen-bond donors (Lipinski definition) is 1. The lowest BCUT2D eigenvalue weighted by molar-refractivity contribution is 0.0687. The third-order valence-electron chi connectivity index (χ3n) is 4.28. The van der Waals surface area contributed by atoms with Gasteiger partial charge in [-0.15, -0.1) is 0 Å². The van der Waals surface area contributed by atoms with Crippen LogP contribution in [-0.2, 0) is 14.9 Å². The van der Waals surface area contributed by atoms with Crippen molar-refractivity contribution >= 4 is 10.2 Å². The van der Waals surface area contributed by atoms with Crippen LogP contribution in [0, 0.1) is 5.92 Å². The molecular formula is C13H27N3O3S. The SMILES string of the molecule is CCNC(C)C1CCCN(S(=O)(=O)N2CCOCC2)C1. The van der Waals surface area contributed by atoms with Crippen LogP contribution in [-0.4, -0.2) is 69.0 Å². The molecule has 0 aromatic heterocycles. The number of morpholine rings is 1. The highest BCUT2D eigenvalue weighted by Gasteiger charge is 2.35. The maximum Gasteiger partial charge on any atom is 0.282 e. The summed E-state index contributed by atoms with van der Waals surface area (Å²) in [6, 6.07) is 0.364. The molecule has 118 valence electrons. The molecule has 0 bridgehead atoms. The number of piperidine rings is 1. The number of rotatable bonds is 5. The van der Waals surface area contributed by atoms with E-state index in [1.54, 1.807) is 8.61 Å². The van der Waals surface area contributed by atoms with Crippen molar-refractivity contribution in [3.8, 4) is 0 Å². The van der Waals surface area contributed by atoms with E-state index in [9.17, 15) is 8.42 Å². The van der Waals surface area contributed by atoms with Crippen LogP contribution in [0.3, 0.4) is 0 Å². The molecule has 2 heterocycles. The van der Waals surface area contributed by atoms with Gasteiger partial charge in [0.1, 0.15) is 0 Å². The van der Waals surface area contributed by atoms with Gasteiger partial charge in [0.2, 0.25) is 0 Å². The van der Waals surface area contributed by atoms with Crippen molar-refractivity contribution < 1.29 is 13.2 Å². The molecule has 7 heteroatoms. The lowest BCUT2D eigenvalue weighted by Gasteiger charge is -2.38. The summed E-state index contributed by atoms with van der Waals surface area (Å²) in [6.07, 6.45) is 2.05. The van der Waals surface area contributed by atoms with Gasteiger partial charge in [-0.25, -0.2) is 0 Å². The molecule has 0 saturated carbocycles. The Bertz CT molecular complexity index is 396. The molecule has 2 aliphatic heterocycles. The Morgan fingerprint density at radius 2 is 1.95 bits per heavy atom. The molecule has 0 spiro atoms. The standard InChI is InChI=1S/C13H27N3O3S/c1-3-14-12(2)13-5-4-6-16(11-13)20(17,18)15-7-9-19-10-8-15/h12-14H,3-11H2,1-2H3. The monoisotopic (exact) mass is 305 g/mol. The van der Waals surface area contributed by atoms with Crippen LogP contribution in [0.2, 0.25) is 0 Å². The molecule has 2 aliphatic rings. The number of nitrogens with one attached hydrogen (secondary N) is 1. The van der Waals surface area contributed by atoms with Crippen LogP contribution in [0.4, 0.5) is 0 Å². The number of ether oxygens (including phenoxy) is 1. The third kappa shape index (κ3) is 3.71. The highest BCUT2D eigenvalue weighted by molar-refractivity contribution is 7.86. The van der Waals surface area contributed by atoms with Crippen molar-refractivity contribution in [1.29, 1.82) is 0 Å². The first-order chi connectivity index (χ1) is 9.55. The van der Waals surface area contributed by atoms with Gasteiger partial charge < -0.3 is 10.1 Å². The van der Waals surface area contributed by atoms with E-state index in [2.05, 4.69) is 19.2 Å². The van der Waals surface area contributed by atoms with E-state index in [0.29, 0.717) is 51.4 Å². The summed E-state index contributed by atoms with van der Waals surface area (Å²) in [5, 5.41) is 3.41. The van der Waals surface area contributed by atoms with Gasteiger partial charge >= 0.3 is 0 Å². The second kappa shape index (κ2) is 7.17. The minimum Gasteiger partial charge on any atom is -0.379 e. The second-order valence-electron chi connectivity index (χ2n) is 5.63. The van der Waals surface area contributed by atoms with Crippen molar-refractivity contribution in [2.45, 2.75) is 32.7 Å². The van der Waals surface area contributed by atoms with E-state index in [1.807, 2.05) is 0 Å². The predicted molar refractivity (Wildman–Crippen MR) is 78.7 cm³/mol. The van der Waals surface area contributed by atoms with E-state index in [-0.39, 0.29) is 0 Å². The van der Waals surface area contributed by atoms with E-state index >= 15 is 0 Å². The Hall–Kier alpha value is -0.210. The Labute approximate surface area is 122 Å². The quantitative estimate of drug-likeness (QED) is 0.792. The lowest BCUT2D eigenvalue weighted by Crippen LogP contribution is -2.53. The predicted octanol–water partition coefficient (Wildman–Crippen LogP) is 0.273. The molecule has 0 aromatic rings. The normalized spacial score (nSPS) is 28.4. The first kappa shape index (κ1) is 16.2. The largest absolute Gasteiger partial charge is 0.379 e. The minimum atomic E-state index is -3.31. The molecule has 2 fully saturated rings. The minimum absolute atomic E-state index is 0.364. The first-order valence-electron chi connectivity index (χ1n) is 7.62. The van der Waals surface area contributed by atoms with Gasteiger partial charge in [-0.05, 0) is 32.2 Å². The number of hydrogen-bond acceptors (Lipinski definition) is 4. The van der Waals surface area contributed by atoms with Crippen LogP contribution < -0.4 is 5.32 Å². The Balaban J connectivity index is 2.00. The number of nitrogens with zero attached hydrogens (tertiary/aromatic N) is 2. The van der Waals surface area contributed by atoms with E-state index in [0.717, 1.165) is 19.4 Å². The second-order valence-corrected chi connectivity index (χ2v) is 7.55. The van der Waals surface area contributed by atoms with Crippen LogP contribution in [0.15, 0.2) is 0 Å². The zero-order valence-corrected chi connectivity index (χ0v) is 13.4. The average Bonchev–Trinajstić information content (AvgIpc) is 2.48. The van der Waals surface area contributed by atoms with Crippen LogP contribution >= 0.6 is 0 Å². The summed E-state index contributed by atoms with van der Waals surface area (Å²) in [5.41, 5.74) is 0. The molecule has 2 atom stereocenters.